The van der Waals surface area contributed by atoms with Crippen LogP contribution in [-0.2, 0) is 10.2 Å². The first kappa shape index (κ1) is 9.63. The summed E-state index contributed by atoms with van der Waals surface area (Å²) in [5, 5.41) is 9.03. The van der Waals surface area contributed by atoms with Gasteiger partial charge >= 0.3 is 5.97 Å². The molecule has 1 saturated carbocycles. The number of carbonyl (C=O) groups is 1. The lowest BCUT2D eigenvalue weighted by Gasteiger charge is -2.26. The summed E-state index contributed by atoms with van der Waals surface area (Å²) in [5.74, 6) is -0.870. The summed E-state index contributed by atoms with van der Waals surface area (Å²) in [6, 6.07) is 4.34. The predicted octanol–water partition coefficient (Wildman–Crippen LogP) is 1.95. The largest absolute Gasteiger partial charge is 0.493 e. The van der Waals surface area contributed by atoms with Crippen molar-refractivity contribution in [2.45, 2.75) is 18.3 Å². The van der Waals surface area contributed by atoms with E-state index >= 15 is 0 Å². The van der Waals surface area contributed by atoms with E-state index in [1.165, 1.54) is 12.1 Å². The van der Waals surface area contributed by atoms with Gasteiger partial charge in [-0.1, -0.05) is 0 Å². The average molecular weight is 222 g/mol. The second kappa shape index (κ2) is 2.97. The van der Waals surface area contributed by atoms with Crippen LogP contribution in [0.25, 0.3) is 0 Å². The third-order valence-corrected chi connectivity index (χ3v) is 3.66. The Bertz CT molecular complexity index is 471. The molecule has 1 aromatic carbocycles. The highest BCUT2D eigenvalue weighted by molar-refractivity contribution is 5.78. The summed E-state index contributed by atoms with van der Waals surface area (Å²) in [5.41, 5.74) is 0.354. The third-order valence-electron chi connectivity index (χ3n) is 3.66. The molecule has 3 rings (SSSR count). The molecule has 1 aromatic rings. The summed E-state index contributed by atoms with van der Waals surface area (Å²) in [6.45, 7) is 0.516. The van der Waals surface area contributed by atoms with E-state index < -0.39 is 5.97 Å². The van der Waals surface area contributed by atoms with Crippen molar-refractivity contribution in [2.75, 3.05) is 6.61 Å². The number of benzene rings is 1. The number of carboxylic acids is 1. The van der Waals surface area contributed by atoms with Crippen LogP contribution < -0.4 is 4.74 Å². The topological polar surface area (TPSA) is 46.5 Å². The van der Waals surface area contributed by atoms with E-state index in [4.69, 9.17) is 9.84 Å². The molecule has 1 aliphatic carbocycles. The van der Waals surface area contributed by atoms with E-state index in [-0.39, 0.29) is 17.2 Å². The molecule has 1 heterocycles. The minimum absolute atomic E-state index is 0.334. The van der Waals surface area contributed by atoms with Gasteiger partial charge in [0.2, 0.25) is 0 Å². The van der Waals surface area contributed by atoms with Crippen LogP contribution in [0.3, 0.4) is 0 Å². The normalized spacial score (nSPS) is 30.7. The van der Waals surface area contributed by atoms with Crippen LogP contribution in [0.15, 0.2) is 18.2 Å². The molecule has 2 atom stereocenters. The fourth-order valence-electron chi connectivity index (χ4n) is 2.70. The van der Waals surface area contributed by atoms with Gasteiger partial charge in [-0.2, -0.15) is 0 Å². The number of fused-ring (bicyclic) bond motifs is 2. The standard InChI is InChI=1S/C12H11FO3/c13-7-1-2-10-8(5-7)12(3-4-16-10)6-9(12)11(14)15/h1-2,5,9H,3-4,6H2,(H,14,15)/t9-,12+/m1/s1. The summed E-state index contributed by atoms with van der Waals surface area (Å²) < 4.78 is 18.6. The van der Waals surface area contributed by atoms with E-state index in [0.29, 0.717) is 25.2 Å². The van der Waals surface area contributed by atoms with E-state index in [0.717, 1.165) is 5.56 Å². The van der Waals surface area contributed by atoms with Gasteiger partial charge in [0.15, 0.2) is 0 Å². The van der Waals surface area contributed by atoms with Gasteiger partial charge in [-0.05, 0) is 31.0 Å². The Labute approximate surface area is 91.8 Å². The first-order chi connectivity index (χ1) is 7.63. The van der Waals surface area contributed by atoms with Crippen LogP contribution >= 0.6 is 0 Å². The Morgan fingerprint density at radius 2 is 2.38 bits per heavy atom. The molecule has 4 heteroatoms. The molecule has 84 valence electrons. The Balaban J connectivity index is 2.07. The van der Waals surface area contributed by atoms with Crippen LogP contribution in [0, 0.1) is 11.7 Å². The zero-order valence-electron chi connectivity index (χ0n) is 8.57. The zero-order chi connectivity index (χ0) is 11.3. The highest BCUT2D eigenvalue weighted by Gasteiger charge is 2.61. The van der Waals surface area contributed by atoms with Crippen molar-refractivity contribution in [1.29, 1.82) is 0 Å². The molecule has 0 bridgehead atoms. The molecule has 1 fully saturated rings. The van der Waals surface area contributed by atoms with E-state index in [9.17, 15) is 9.18 Å². The maximum Gasteiger partial charge on any atom is 0.307 e. The van der Waals surface area contributed by atoms with Crippen LogP contribution in [-0.4, -0.2) is 17.7 Å². The lowest BCUT2D eigenvalue weighted by molar-refractivity contribution is -0.139. The SMILES string of the molecule is O=C(O)[C@H]1C[C@]12CCOc1ccc(F)cc12. The molecular formula is C12H11FO3. The smallest absolute Gasteiger partial charge is 0.307 e. The van der Waals surface area contributed by atoms with Crippen molar-refractivity contribution in [3.05, 3.63) is 29.6 Å². The van der Waals surface area contributed by atoms with Gasteiger partial charge in [-0.15, -0.1) is 0 Å². The summed E-state index contributed by atoms with van der Waals surface area (Å²) in [4.78, 5) is 11.0. The fourth-order valence-corrected chi connectivity index (χ4v) is 2.70. The number of hydrogen-bond donors (Lipinski definition) is 1. The lowest BCUT2D eigenvalue weighted by Crippen LogP contribution is -2.24. The van der Waals surface area contributed by atoms with E-state index in [2.05, 4.69) is 0 Å². The first-order valence-corrected chi connectivity index (χ1v) is 5.29. The highest BCUT2D eigenvalue weighted by Crippen LogP contribution is 2.60. The van der Waals surface area contributed by atoms with Crippen molar-refractivity contribution in [2.24, 2.45) is 5.92 Å². The van der Waals surface area contributed by atoms with Crippen molar-refractivity contribution in [3.8, 4) is 5.75 Å². The van der Waals surface area contributed by atoms with E-state index in [1.807, 2.05) is 0 Å². The molecule has 3 nitrogen and oxygen atoms in total. The number of hydrogen-bond acceptors (Lipinski definition) is 2. The zero-order valence-corrected chi connectivity index (χ0v) is 8.57. The molecule has 1 spiro atoms. The lowest BCUT2D eigenvalue weighted by atomic mass is 9.87. The van der Waals surface area contributed by atoms with Crippen LogP contribution in [0.1, 0.15) is 18.4 Å². The minimum atomic E-state index is -0.794. The number of rotatable bonds is 1. The fraction of sp³-hybridized carbons (Fsp3) is 0.417. The first-order valence-electron chi connectivity index (χ1n) is 5.29. The minimum Gasteiger partial charge on any atom is -0.493 e. The molecule has 2 aliphatic rings. The highest BCUT2D eigenvalue weighted by atomic mass is 19.1. The van der Waals surface area contributed by atoms with E-state index in [1.54, 1.807) is 6.07 Å². The summed E-state index contributed by atoms with van der Waals surface area (Å²) in [6.07, 6.45) is 1.27. The second-order valence-electron chi connectivity index (χ2n) is 4.49. The van der Waals surface area contributed by atoms with Crippen molar-refractivity contribution in [3.63, 3.8) is 0 Å². The van der Waals surface area contributed by atoms with Crippen molar-refractivity contribution >= 4 is 5.97 Å². The van der Waals surface area contributed by atoms with Gasteiger partial charge in [-0.25, -0.2) is 4.39 Å². The van der Waals surface area contributed by atoms with Gasteiger partial charge in [0.1, 0.15) is 11.6 Å². The van der Waals surface area contributed by atoms with Crippen LogP contribution in [0.2, 0.25) is 0 Å². The molecule has 16 heavy (non-hydrogen) atoms. The Morgan fingerprint density at radius 1 is 1.56 bits per heavy atom. The third kappa shape index (κ3) is 1.16. The summed E-state index contributed by atoms with van der Waals surface area (Å²) >= 11 is 0. The van der Waals surface area contributed by atoms with Gasteiger partial charge in [0.25, 0.3) is 0 Å². The van der Waals surface area contributed by atoms with Gasteiger partial charge < -0.3 is 9.84 Å². The molecule has 1 aliphatic heterocycles. The predicted molar refractivity (Wildman–Crippen MR) is 53.9 cm³/mol. The maximum atomic E-state index is 13.2. The van der Waals surface area contributed by atoms with Gasteiger partial charge in [0, 0.05) is 11.0 Å². The number of ether oxygens (including phenoxy) is 1. The second-order valence-corrected chi connectivity index (χ2v) is 4.49. The number of carboxylic acid groups (broad SMARTS) is 1. The number of halogens is 1. The molecular weight excluding hydrogens is 211 g/mol. The van der Waals surface area contributed by atoms with Crippen LogP contribution in [0.5, 0.6) is 5.75 Å². The van der Waals surface area contributed by atoms with Crippen LogP contribution in [0.4, 0.5) is 4.39 Å². The molecule has 0 saturated heterocycles. The molecule has 1 N–H and O–H groups in total. The Morgan fingerprint density at radius 3 is 3.06 bits per heavy atom. The molecule has 0 radical (unpaired) electrons. The molecule has 0 amide bonds. The monoisotopic (exact) mass is 222 g/mol. The number of aliphatic carboxylic acids is 1. The Kier molecular flexibility index (Phi) is 1.79. The van der Waals surface area contributed by atoms with Gasteiger partial charge in [-0.3, -0.25) is 4.79 Å². The van der Waals surface area contributed by atoms with Gasteiger partial charge in [0.05, 0.1) is 12.5 Å². The summed E-state index contributed by atoms with van der Waals surface area (Å²) in [7, 11) is 0. The molecule has 0 aromatic heterocycles. The quantitative estimate of drug-likeness (QED) is 0.790. The Hall–Kier alpha value is -1.58. The average Bonchev–Trinajstić information content (AvgIpc) is 2.96. The van der Waals surface area contributed by atoms with Crippen molar-refractivity contribution < 1.29 is 19.0 Å². The van der Waals surface area contributed by atoms with Crippen molar-refractivity contribution in [1.82, 2.24) is 0 Å². The maximum absolute atomic E-state index is 13.2. The molecule has 0 unspecified atom stereocenters.